The monoisotopic (exact) mass is 297 g/mol. The Morgan fingerprint density at radius 3 is 2.64 bits per heavy atom. The Morgan fingerprint density at radius 1 is 1.18 bits per heavy atom. The number of carbonyl (C=O) groups excluding carboxylic acids is 1. The maximum absolute atomic E-state index is 12.5. The first-order valence-corrected chi connectivity index (χ1v) is 7.44. The minimum atomic E-state index is -0.533. The highest BCUT2D eigenvalue weighted by molar-refractivity contribution is 5.99. The van der Waals surface area contributed by atoms with E-state index in [1.165, 1.54) is 5.56 Å². The molecule has 0 bridgehead atoms. The van der Waals surface area contributed by atoms with Crippen LogP contribution in [0.3, 0.4) is 0 Å². The van der Waals surface area contributed by atoms with Crippen molar-refractivity contribution in [1.82, 2.24) is 0 Å². The molecule has 4 heteroatoms. The number of nitrogens with zero attached hydrogens (tertiary/aromatic N) is 1. The summed E-state index contributed by atoms with van der Waals surface area (Å²) in [5.74, 6) is 0.652. The van der Waals surface area contributed by atoms with Crippen molar-refractivity contribution in [2.75, 3.05) is 11.9 Å². The van der Waals surface area contributed by atoms with Crippen LogP contribution < -0.4 is 9.64 Å². The minimum absolute atomic E-state index is 0.0935. The number of rotatable bonds is 3. The predicted octanol–water partition coefficient (Wildman–Crippen LogP) is 2.92. The summed E-state index contributed by atoms with van der Waals surface area (Å²) in [6.45, 7) is 2.10. The van der Waals surface area contributed by atoms with Gasteiger partial charge in [0.1, 0.15) is 11.5 Å². The van der Waals surface area contributed by atoms with Gasteiger partial charge in [0.05, 0.1) is 5.69 Å². The van der Waals surface area contributed by atoms with Gasteiger partial charge in [0, 0.05) is 19.5 Å². The third kappa shape index (κ3) is 2.52. The van der Waals surface area contributed by atoms with E-state index >= 15 is 0 Å². The Hall–Kier alpha value is -2.49. The number of anilines is 1. The number of hydrogen-bond acceptors (Lipinski definition) is 3. The molecule has 114 valence electrons. The number of fused-ring (bicyclic) bond motifs is 1. The highest BCUT2D eigenvalue weighted by Gasteiger charge is 2.32. The molecule has 3 rings (SSSR count). The van der Waals surface area contributed by atoms with Crippen LogP contribution in [0.15, 0.2) is 42.5 Å². The fourth-order valence-corrected chi connectivity index (χ4v) is 2.84. The van der Waals surface area contributed by atoms with Crippen molar-refractivity contribution in [3.63, 3.8) is 0 Å². The first kappa shape index (κ1) is 14.4. The predicted molar refractivity (Wildman–Crippen MR) is 85.5 cm³/mol. The minimum Gasteiger partial charge on any atom is -0.508 e. The second-order valence-electron chi connectivity index (χ2n) is 5.48. The molecule has 2 aromatic rings. The molecule has 0 saturated carbocycles. The maximum Gasteiger partial charge on any atom is 0.268 e. The molecule has 0 fully saturated rings. The summed E-state index contributed by atoms with van der Waals surface area (Å²) in [5.41, 5.74) is 2.97. The number of benzene rings is 2. The van der Waals surface area contributed by atoms with Gasteiger partial charge in [-0.05, 0) is 29.7 Å². The van der Waals surface area contributed by atoms with E-state index in [2.05, 4.69) is 13.0 Å². The fraction of sp³-hybridized carbons (Fsp3) is 0.278. The highest BCUT2D eigenvalue weighted by Crippen LogP contribution is 2.36. The maximum atomic E-state index is 12.5. The third-order valence-electron chi connectivity index (χ3n) is 4.08. The Labute approximate surface area is 130 Å². The standard InChI is InChI=1S/C18H19NO3/c1-3-12-6-4-5-7-13(12)10-17-18(21)19(2)15-11-14(20)8-9-16(15)22-17/h4-9,11,17,20H,3,10H2,1-2H3. The number of phenols is 1. The Balaban J connectivity index is 1.90. The van der Waals surface area contributed by atoms with Crippen LogP contribution in [-0.4, -0.2) is 24.2 Å². The van der Waals surface area contributed by atoms with Crippen molar-refractivity contribution in [2.24, 2.45) is 0 Å². The fourth-order valence-electron chi connectivity index (χ4n) is 2.84. The van der Waals surface area contributed by atoms with E-state index in [1.807, 2.05) is 18.2 Å². The van der Waals surface area contributed by atoms with Crippen LogP contribution in [-0.2, 0) is 17.6 Å². The van der Waals surface area contributed by atoms with Crippen molar-refractivity contribution in [2.45, 2.75) is 25.9 Å². The average Bonchev–Trinajstić information content (AvgIpc) is 2.53. The molecule has 0 aromatic heterocycles. The summed E-state index contributed by atoms with van der Waals surface area (Å²) < 4.78 is 5.87. The molecule has 1 N–H and O–H groups in total. The van der Waals surface area contributed by atoms with Crippen molar-refractivity contribution in [1.29, 1.82) is 0 Å². The van der Waals surface area contributed by atoms with Crippen LogP contribution in [0.2, 0.25) is 0 Å². The van der Waals surface area contributed by atoms with Crippen molar-refractivity contribution >= 4 is 11.6 Å². The van der Waals surface area contributed by atoms with E-state index < -0.39 is 6.10 Å². The number of amides is 1. The van der Waals surface area contributed by atoms with Crippen LogP contribution in [0.1, 0.15) is 18.1 Å². The summed E-state index contributed by atoms with van der Waals surface area (Å²) in [6, 6.07) is 12.9. The Bertz CT molecular complexity index is 711. The Morgan fingerprint density at radius 2 is 1.91 bits per heavy atom. The lowest BCUT2D eigenvalue weighted by Gasteiger charge is -2.32. The summed E-state index contributed by atoms with van der Waals surface area (Å²) in [7, 11) is 1.71. The smallest absolute Gasteiger partial charge is 0.268 e. The van der Waals surface area contributed by atoms with Gasteiger partial charge in [0.25, 0.3) is 5.91 Å². The van der Waals surface area contributed by atoms with Crippen LogP contribution in [0, 0.1) is 0 Å². The van der Waals surface area contributed by atoms with Crippen molar-refractivity contribution < 1.29 is 14.6 Å². The molecule has 1 unspecified atom stereocenters. The molecule has 2 aromatic carbocycles. The van der Waals surface area contributed by atoms with E-state index in [0.717, 1.165) is 12.0 Å². The zero-order valence-corrected chi connectivity index (χ0v) is 12.7. The van der Waals surface area contributed by atoms with E-state index in [9.17, 15) is 9.90 Å². The van der Waals surface area contributed by atoms with Gasteiger partial charge in [-0.25, -0.2) is 0 Å². The molecule has 4 nitrogen and oxygen atoms in total. The molecule has 1 amide bonds. The molecule has 1 heterocycles. The number of likely N-dealkylation sites (N-methyl/N-ethyl adjacent to an activating group) is 1. The molecule has 1 aliphatic heterocycles. The van der Waals surface area contributed by atoms with Gasteiger partial charge in [0.2, 0.25) is 0 Å². The van der Waals surface area contributed by atoms with Gasteiger partial charge in [-0.2, -0.15) is 0 Å². The number of aryl methyl sites for hydroxylation is 1. The summed E-state index contributed by atoms with van der Waals surface area (Å²) in [5, 5.41) is 9.57. The average molecular weight is 297 g/mol. The lowest BCUT2D eigenvalue weighted by Crippen LogP contribution is -2.45. The number of hydrogen-bond donors (Lipinski definition) is 1. The van der Waals surface area contributed by atoms with Gasteiger partial charge in [-0.15, -0.1) is 0 Å². The Kier molecular flexibility index (Phi) is 3.75. The third-order valence-corrected chi connectivity index (χ3v) is 4.08. The van der Waals surface area contributed by atoms with Gasteiger partial charge >= 0.3 is 0 Å². The molecular weight excluding hydrogens is 278 g/mol. The van der Waals surface area contributed by atoms with Gasteiger partial charge in [-0.3, -0.25) is 4.79 Å². The normalized spacial score (nSPS) is 17.1. The second-order valence-corrected chi connectivity index (χ2v) is 5.48. The number of ether oxygens (including phenoxy) is 1. The summed E-state index contributed by atoms with van der Waals surface area (Å²) >= 11 is 0. The molecule has 1 aliphatic rings. The number of aromatic hydroxyl groups is 1. The van der Waals surface area contributed by atoms with Crippen molar-refractivity contribution in [3.05, 3.63) is 53.6 Å². The van der Waals surface area contributed by atoms with E-state index in [0.29, 0.717) is 17.9 Å². The highest BCUT2D eigenvalue weighted by atomic mass is 16.5. The summed E-state index contributed by atoms with van der Waals surface area (Å²) in [4.78, 5) is 14.1. The van der Waals surface area contributed by atoms with E-state index in [-0.39, 0.29) is 11.7 Å². The molecule has 22 heavy (non-hydrogen) atoms. The van der Waals surface area contributed by atoms with Crippen LogP contribution >= 0.6 is 0 Å². The van der Waals surface area contributed by atoms with Crippen LogP contribution in [0.5, 0.6) is 11.5 Å². The van der Waals surface area contributed by atoms with Gasteiger partial charge in [-0.1, -0.05) is 31.2 Å². The SMILES string of the molecule is CCc1ccccc1CC1Oc2ccc(O)cc2N(C)C1=O. The first-order valence-electron chi connectivity index (χ1n) is 7.44. The number of carbonyl (C=O) groups is 1. The molecular formula is C18H19NO3. The molecule has 0 radical (unpaired) electrons. The zero-order chi connectivity index (χ0) is 15.7. The largest absolute Gasteiger partial charge is 0.508 e. The quantitative estimate of drug-likeness (QED) is 0.947. The second kappa shape index (κ2) is 5.72. The van der Waals surface area contributed by atoms with Crippen molar-refractivity contribution in [3.8, 4) is 11.5 Å². The van der Waals surface area contributed by atoms with Crippen LogP contribution in [0.25, 0.3) is 0 Å². The first-order chi connectivity index (χ1) is 10.6. The molecule has 0 aliphatic carbocycles. The number of phenolic OH excluding ortho intramolecular Hbond substituents is 1. The van der Waals surface area contributed by atoms with Gasteiger partial charge in [0.15, 0.2) is 6.10 Å². The van der Waals surface area contributed by atoms with E-state index in [4.69, 9.17) is 4.74 Å². The zero-order valence-electron chi connectivity index (χ0n) is 12.7. The summed E-state index contributed by atoms with van der Waals surface area (Å²) in [6.07, 6.45) is 0.944. The van der Waals surface area contributed by atoms with E-state index in [1.54, 1.807) is 30.1 Å². The topological polar surface area (TPSA) is 49.8 Å². The lowest BCUT2D eigenvalue weighted by molar-refractivity contribution is -0.125. The molecule has 1 atom stereocenters. The van der Waals surface area contributed by atoms with Crippen LogP contribution in [0.4, 0.5) is 5.69 Å². The molecule has 0 spiro atoms. The molecule has 0 saturated heterocycles. The lowest BCUT2D eigenvalue weighted by atomic mass is 9.98. The van der Waals surface area contributed by atoms with Gasteiger partial charge < -0.3 is 14.7 Å².